The molecule has 0 aliphatic heterocycles. The van der Waals surface area contributed by atoms with E-state index in [2.05, 4.69) is 4.74 Å². The number of carbonyl (C=O) groups excluding carboxylic acids is 1. The van der Waals surface area contributed by atoms with E-state index in [9.17, 15) is 22.0 Å². The minimum absolute atomic E-state index is 0.00378. The molecule has 0 saturated carbocycles. The summed E-state index contributed by atoms with van der Waals surface area (Å²) in [7, 11) is -2.32. The van der Waals surface area contributed by atoms with E-state index in [1.54, 1.807) is 0 Å². The van der Waals surface area contributed by atoms with Crippen LogP contribution >= 0.6 is 0 Å². The van der Waals surface area contributed by atoms with E-state index < -0.39 is 16.6 Å². The Bertz CT molecular complexity index is 834. The van der Waals surface area contributed by atoms with E-state index in [4.69, 9.17) is 0 Å². The predicted molar refractivity (Wildman–Crippen MR) is 88.2 cm³/mol. The number of halogens is 2. The van der Waals surface area contributed by atoms with E-state index in [1.165, 1.54) is 62.5 Å². The van der Waals surface area contributed by atoms with Crippen molar-refractivity contribution in [1.29, 1.82) is 0 Å². The van der Waals surface area contributed by atoms with Crippen LogP contribution in [0.1, 0.15) is 22.8 Å². The third kappa shape index (κ3) is 4.83. The lowest BCUT2D eigenvalue weighted by molar-refractivity contribution is -0.0498. The summed E-state index contributed by atoms with van der Waals surface area (Å²) in [5, 5.41) is 0. The first-order valence-electron chi connectivity index (χ1n) is 7.31. The van der Waals surface area contributed by atoms with E-state index in [-0.39, 0.29) is 23.0 Å². The maximum atomic E-state index is 12.5. The van der Waals surface area contributed by atoms with E-state index in [1.807, 2.05) is 0 Å². The molecule has 0 atom stereocenters. The Hall–Kier alpha value is -2.32. The summed E-state index contributed by atoms with van der Waals surface area (Å²) >= 11 is 0. The fraction of sp³-hybridized carbons (Fsp3) is 0.235. The number of alkyl halides is 2. The minimum Gasteiger partial charge on any atom is -0.435 e. The highest BCUT2D eigenvalue weighted by atomic mass is 32.2. The normalized spacial score (nSPS) is 11.8. The van der Waals surface area contributed by atoms with Gasteiger partial charge in [0.2, 0.25) is 10.0 Å². The molecule has 8 heteroatoms. The number of ether oxygens (including phenoxy) is 1. The smallest absolute Gasteiger partial charge is 0.387 e. The average molecular weight is 369 g/mol. The molecule has 0 unspecified atom stereocenters. The third-order valence-corrected chi connectivity index (χ3v) is 5.34. The summed E-state index contributed by atoms with van der Waals surface area (Å²) in [5.41, 5.74) is 1.05. The molecular formula is C17H17F2NO4S. The molecule has 0 radical (unpaired) electrons. The van der Waals surface area contributed by atoms with Crippen LogP contribution in [0.4, 0.5) is 8.78 Å². The molecule has 25 heavy (non-hydrogen) atoms. The van der Waals surface area contributed by atoms with Crippen LogP contribution in [0.5, 0.6) is 5.75 Å². The summed E-state index contributed by atoms with van der Waals surface area (Å²) in [5.74, 6) is -0.146. The zero-order chi connectivity index (χ0) is 18.6. The molecule has 0 aliphatic rings. The SMILES string of the molecule is CC(=O)c1ccc(S(=O)(=O)N(C)Cc2ccc(OC(F)F)cc2)cc1. The first-order valence-corrected chi connectivity index (χ1v) is 8.75. The van der Waals surface area contributed by atoms with Gasteiger partial charge in [-0.25, -0.2) is 8.42 Å². The van der Waals surface area contributed by atoms with Gasteiger partial charge in [-0.3, -0.25) is 4.79 Å². The Morgan fingerprint density at radius 1 is 1.08 bits per heavy atom. The van der Waals surface area contributed by atoms with Gasteiger partial charge in [-0.2, -0.15) is 13.1 Å². The first-order chi connectivity index (χ1) is 11.7. The maximum absolute atomic E-state index is 12.5. The van der Waals surface area contributed by atoms with Crippen LogP contribution < -0.4 is 4.74 Å². The molecule has 2 aromatic carbocycles. The summed E-state index contributed by atoms with van der Waals surface area (Å²) in [6.07, 6.45) is 0. The molecule has 0 N–H and O–H groups in total. The van der Waals surface area contributed by atoms with E-state index >= 15 is 0 Å². The second-order valence-corrected chi connectivity index (χ2v) is 7.41. The van der Waals surface area contributed by atoms with Gasteiger partial charge >= 0.3 is 6.61 Å². The van der Waals surface area contributed by atoms with Crippen LogP contribution in [-0.2, 0) is 16.6 Å². The molecule has 0 spiro atoms. The molecular weight excluding hydrogens is 352 g/mol. The fourth-order valence-corrected chi connectivity index (χ4v) is 3.32. The highest BCUT2D eigenvalue weighted by Crippen LogP contribution is 2.20. The van der Waals surface area contributed by atoms with Crippen molar-refractivity contribution in [3.8, 4) is 5.75 Å². The molecule has 0 fully saturated rings. The molecule has 0 aliphatic carbocycles. The van der Waals surface area contributed by atoms with E-state index in [0.29, 0.717) is 11.1 Å². The molecule has 2 rings (SSSR count). The second kappa shape index (κ2) is 7.71. The fourth-order valence-electron chi connectivity index (χ4n) is 2.16. The summed E-state index contributed by atoms with van der Waals surface area (Å²) in [6, 6.07) is 11.4. The van der Waals surface area contributed by atoms with Crippen molar-refractivity contribution in [2.75, 3.05) is 7.05 Å². The van der Waals surface area contributed by atoms with Crippen LogP contribution in [0.25, 0.3) is 0 Å². The van der Waals surface area contributed by atoms with Gasteiger partial charge in [-0.15, -0.1) is 0 Å². The monoisotopic (exact) mass is 369 g/mol. The van der Waals surface area contributed by atoms with Crippen molar-refractivity contribution in [2.24, 2.45) is 0 Å². The standard InChI is InChI=1S/C17H17F2NO4S/c1-12(21)14-5-9-16(10-6-14)25(22,23)20(2)11-13-3-7-15(8-4-13)24-17(18)19/h3-10,17H,11H2,1-2H3. The van der Waals surface area contributed by atoms with Gasteiger partial charge in [0.15, 0.2) is 5.78 Å². The number of rotatable bonds is 7. The first kappa shape index (κ1) is 19.0. The number of hydrogen-bond acceptors (Lipinski definition) is 4. The molecule has 0 aromatic heterocycles. The lowest BCUT2D eigenvalue weighted by Crippen LogP contribution is -2.26. The summed E-state index contributed by atoms with van der Waals surface area (Å²) < 4.78 is 54.7. The van der Waals surface area contributed by atoms with Gasteiger partial charge in [0, 0.05) is 19.2 Å². The van der Waals surface area contributed by atoms with Crippen LogP contribution in [0.3, 0.4) is 0 Å². The molecule has 134 valence electrons. The summed E-state index contributed by atoms with van der Waals surface area (Å²) in [6.45, 7) is -1.45. The highest BCUT2D eigenvalue weighted by Gasteiger charge is 2.21. The number of benzene rings is 2. The van der Waals surface area contributed by atoms with Gasteiger partial charge < -0.3 is 4.74 Å². The number of sulfonamides is 1. The van der Waals surface area contributed by atoms with Crippen molar-refractivity contribution < 1.29 is 26.7 Å². The van der Waals surface area contributed by atoms with Gasteiger partial charge in [-0.1, -0.05) is 24.3 Å². The third-order valence-electron chi connectivity index (χ3n) is 3.52. The molecule has 0 saturated heterocycles. The predicted octanol–water partition coefficient (Wildman–Crippen LogP) is 3.31. The second-order valence-electron chi connectivity index (χ2n) is 5.36. The van der Waals surface area contributed by atoms with E-state index in [0.717, 1.165) is 4.31 Å². The van der Waals surface area contributed by atoms with Gasteiger partial charge in [0.25, 0.3) is 0 Å². The minimum atomic E-state index is -3.74. The van der Waals surface area contributed by atoms with Crippen LogP contribution in [0, 0.1) is 0 Å². The van der Waals surface area contributed by atoms with Crippen molar-refractivity contribution >= 4 is 15.8 Å². The lowest BCUT2D eigenvalue weighted by atomic mass is 10.2. The van der Waals surface area contributed by atoms with Gasteiger partial charge in [0.05, 0.1) is 4.90 Å². The lowest BCUT2D eigenvalue weighted by Gasteiger charge is -2.17. The van der Waals surface area contributed by atoms with Crippen molar-refractivity contribution in [2.45, 2.75) is 25.0 Å². The summed E-state index contributed by atoms with van der Waals surface area (Å²) in [4.78, 5) is 11.3. The van der Waals surface area contributed by atoms with Crippen LogP contribution in [-0.4, -0.2) is 32.2 Å². The number of Topliss-reactive ketones (excluding diaryl/α,β-unsaturated/α-hetero) is 1. The number of ketones is 1. The van der Waals surface area contributed by atoms with Crippen molar-refractivity contribution in [3.05, 3.63) is 59.7 Å². The van der Waals surface area contributed by atoms with Crippen LogP contribution in [0.2, 0.25) is 0 Å². The number of carbonyl (C=O) groups is 1. The molecule has 0 amide bonds. The Labute approximate surface area is 144 Å². The van der Waals surface area contributed by atoms with Crippen LogP contribution in [0.15, 0.2) is 53.4 Å². The molecule has 2 aromatic rings. The van der Waals surface area contributed by atoms with Crippen molar-refractivity contribution in [3.63, 3.8) is 0 Å². The zero-order valence-electron chi connectivity index (χ0n) is 13.6. The van der Waals surface area contributed by atoms with Gasteiger partial charge in [-0.05, 0) is 36.8 Å². The quantitative estimate of drug-likeness (QED) is 0.703. The average Bonchev–Trinajstić information content (AvgIpc) is 2.56. The molecule has 0 bridgehead atoms. The largest absolute Gasteiger partial charge is 0.435 e. The Morgan fingerprint density at radius 3 is 2.12 bits per heavy atom. The van der Waals surface area contributed by atoms with Crippen molar-refractivity contribution in [1.82, 2.24) is 4.31 Å². The number of nitrogens with zero attached hydrogens (tertiary/aromatic N) is 1. The van der Waals surface area contributed by atoms with Gasteiger partial charge in [0.1, 0.15) is 5.75 Å². The highest BCUT2D eigenvalue weighted by molar-refractivity contribution is 7.89. The topological polar surface area (TPSA) is 63.7 Å². The molecule has 0 heterocycles. The number of hydrogen-bond donors (Lipinski definition) is 0. The molecule has 5 nitrogen and oxygen atoms in total. The maximum Gasteiger partial charge on any atom is 0.387 e. The zero-order valence-corrected chi connectivity index (χ0v) is 14.5. The Balaban J connectivity index is 2.12. The Kier molecular flexibility index (Phi) is 5.86. The Morgan fingerprint density at radius 2 is 1.64 bits per heavy atom.